The molecule has 3 rings (SSSR count). The third-order valence-corrected chi connectivity index (χ3v) is 6.88. The zero-order chi connectivity index (χ0) is 25.7. The number of ether oxygens (including phenoxy) is 1. The topological polar surface area (TPSA) is 105 Å². The smallest absolute Gasteiger partial charge is 0.272 e. The Hall–Kier alpha value is -2.40. The van der Waals surface area contributed by atoms with Crippen molar-refractivity contribution in [3.63, 3.8) is 0 Å². The molecule has 3 aromatic rings. The molecule has 0 bridgehead atoms. The van der Waals surface area contributed by atoms with Crippen LogP contribution in [-0.2, 0) is 11.4 Å². The highest BCUT2D eigenvalue weighted by atomic mass is 127. The second-order valence-corrected chi connectivity index (χ2v) is 10.4. The number of non-ortho nitro benzene ring substituents is 1. The van der Waals surface area contributed by atoms with Gasteiger partial charge in [0, 0.05) is 12.1 Å². The number of aryl methyl sites for hydroxylation is 1. The number of nitrogens with one attached hydrogen (secondary N) is 1. The third-order valence-electron chi connectivity index (χ3n) is 4.68. The number of nitriles is 1. The van der Waals surface area contributed by atoms with Crippen LogP contribution in [0, 0.1) is 35.5 Å². The minimum absolute atomic E-state index is 0.0194. The van der Waals surface area contributed by atoms with Gasteiger partial charge in [0.25, 0.3) is 11.6 Å². The van der Waals surface area contributed by atoms with Crippen molar-refractivity contribution in [2.45, 2.75) is 13.5 Å². The van der Waals surface area contributed by atoms with E-state index in [9.17, 15) is 20.2 Å². The Kier molecular flexibility index (Phi) is 9.34. The highest BCUT2D eigenvalue weighted by molar-refractivity contribution is 14.1. The molecule has 1 amide bonds. The van der Waals surface area contributed by atoms with Crippen LogP contribution in [0.25, 0.3) is 6.08 Å². The fourth-order valence-electron chi connectivity index (χ4n) is 2.92. The van der Waals surface area contributed by atoms with Crippen LogP contribution in [-0.4, -0.2) is 10.8 Å². The first-order chi connectivity index (χ1) is 16.6. The molecule has 0 aromatic heterocycles. The number of nitrogens with zero attached hydrogens (tertiary/aromatic N) is 2. The van der Waals surface area contributed by atoms with E-state index in [0.29, 0.717) is 17.9 Å². The van der Waals surface area contributed by atoms with E-state index in [0.717, 1.165) is 24.8 Å². The fraction of sp³-hybridized carbons (Fsp3) is 0.0833. The van der Waals surface area contributed by atoms with Gasteiger partial charge >= 0.3 is 0 Å². The van der Waals surface area contributed by atoms with E-state index in [2.05, 4.69) is 50.5 Å². The van der Waals surface area contributed by atoms with E-state index in [4.69, 9.17) is 27.9 Å². The predicted octanol–water partition coefficient (Wildman–Crippen LogP) is 7.54. The van der Waals surface area contributed by atoms with Crippen molar-refractivity contribution in [3.05, 3.63) is 98.1 Å². The van der Waals surface area contributed by atoms with Gasteiger partial charge in [0.1, 0.15) is 24.0 Å². The summed E-state index contributed by atoms with van der Waals surface area (Å²) in [6.07, 6.45) is 1.43. The fourth-order valence-corrected chi connectivity index (χ4v) is 5.62. The number of carbonyl (C=O) groups is 1. The number of halogens is 4. The van der Waals surface area contributed by atoms with Crippen LogP contribution in [0.5, 0.6) is 5.75 Å². The first-order valence-electron chi connectivity index (χ1n) is 9.83. The van der Waals surface area contributed by atoms with Gasteiger partial charge in [-0.25, -0.2) is 0 Å². The number of anilines is 1. The lowest BCUT2D eigenvalue weighted by Crippen LogP contribution is -2.14. The van der Waals surface area contributed by atoms with Crippen molar-refractivity contribution in [1.29, 1.82) is 5.26 Å². The molecule has 178 valence electrons. The maximum Gasteiger partial charge on any atom is 0.272 e. The van der Waals surface area contributed by atoms with Crippen LogP contribution < -0.4 is 10.1 Å². The molecule has 3 aromatic carbocycles. The molecule has 0 saturated carbocycles. The summed E-state index contributed by atoms with van der Waals surface area (Å²) in [7, 11) is 0. The molecule has 0 radical (unpaired) electrons. The van der Waals surface area contributed by atoms with Gasteiger partial charge in [-0.1, -0.05) is 53.0 Å². The minimum Gasteiger partial charge on any atom is -0.487 e. The predicted molar refractivity (Wildman–Crippen MR) is 153 cm³/mol. The number of carbonyl (C=O) groups excluding carboxylic acids is 1. The second kappa shape index (κ2) is 12.0. The molecule has 11 heteroatoms. The quantitative estimate of drug-likeness (QED) is 0.0889. The molecular weight excluding hydrogens is 719 g/mol. The second-order valence-electron chi connectivity index (χ2n) is 7.25. The van der Waals surface area contributed by atoms with Crippen molar-refractivity contribution in [3.8, 4) is 11.8 Å². The summed E-state index contributed by atoms with van der Waals surface area (Å²) in [4.78, 5) is 23.0. The Bertz CT molecular complexity index is 1340. The SMILES string of the molecule is Cc1ccc(COc2c(I)cc(/C=C(\C#N)C(=O)Nc3c(Cl)cc([N+](=O)[O-])cc3Cl)cc2I)cc1. The van der Waals surface area contributed by atoms with Crippen molar-refractivity contribution in [1.82, 2.24) is 0 Å². The van der Waals surface area contributed by atoms with Gasteiger partial charge in [0.05, 0.1) is 27.8 Å². The Morgan fingerprint density at radius 2 is 1.71 bits per heavy atom. The van der Waals surface area contributed by atoms with E-state index in [-0.39, 0.29) is 27.0 Å². The average molecular weight is 734 g/mol. The molecule has 1 N–H and O–H groups in total. The lowest BCUT2D eigenvalue weighted by Gasteiger charge is -2.12. The molecule has 0 saturated heterocycles. The van der Waals surface area contributed by atoms with Gasteiger partial charge in [0.2, 0.25) is 0 Å². The number of amides is 1. The van der Waals surface area contributed by atoms with Crippen molar-refractivity contribution >= 4 is 91.7 Å². The molecule has 0 atom stereocenters. The molecule has 0 aliphatic rings. The van der Waals surface area contributed by atoms with E-state index in [1.54, 1.807) is 12.1 Å². The maximum absolute atomic E-state index is 12.7. The number of nitro benzene ring substituents is 1. The number of hydrogen-bond acceptors (Lipinski definition) is 5. The number of hydrogen-bond donors (Lipinski definition) is 1. The summed E-state index contributed by atoms with van der Waals surface area (Å²) in [6, 6.07) is 15.6. The summed E-state index contributed by atoms with van der Waals surface area (Å²) in [5.41, 5.74) is 2.30. The van der Waals surface area contributed by atoms with Crippen LogP contribution in [0.4, 0.5) is 11.4 Å². The average Bonchev–Trinajstić information content (AvgIpc) is 2.80. The molecule has 7 nitrogen and oxygen atoms in total. The molecule has 0 aliphatic heterocycles. The molecule has 35 heavy (non-hydrogen) atoms. The largest absolute Gasteiger partial charge is 0.487 e. The van der Waals surface area contributed by atoms with Crippen LogP contribution in [0.15, 0.2) is 54.1 Å². The Labute approximate surface area is 238 Å². The standard InChI is InChI=1S/C24H15Cl2I2N3O4/c1-13-2-4-14(5-3-13)12-35-23-20(27)7-15(8-21(23)28)6-16(11-29)24(32)30-22-18(25)9-17(31(33)34)10-19(22)26/h2-10H,12H2,1H3,(H,30,32)/b16-6+. The van der Waals surface area contributed by atoms with E-state index >= 15 is 0 Å². The summed E-state index contributed by atoms with van der Waals surface area (Å²) in [5.74, 6) is -0.0498. The van der Waals surface area contributed by atoms with Gasteiger partial charge in [-0.15, -0.1) is 0 Å². The van der Waals surface area contributed by atoms with E-state index < -0.39 is 10.8 Å². The van der Waals surface area contributed by atoms with Gasteiger partial charge in [-0.05, 0) is 81.4 Å². The molecule has 0 fully saturated rings. The first-order valence-corrected chi connectivity index (χ1v) is 12.7. The number of benzene rings is 3. The summed E-state index contributed by atoms with van der Waals surface area (Å²) >= 11 is 16.4. The highest BCUT2D eigenvalue weighted by Gasteiger charge is 2.19. The summed E-state index contributed by atoms with van der Waals surface area (Å²) < 4.78 is 7.63. The minimum atomic E-state index is -0.755. The van der Waals surface area contributed by atoms with Gasteiger partial charge in [-0.2, -0.15) is 5.26 Å². The van der Waals surface area contributed by atoms with Gasteiger partial charge < -0.3 is 10.1 Å². The molecular formula is C24H15Cl2I2N3O4. The van der Waals surface area contributed by atoms with Gasteiger partial charge in [-0.3, -0.25) is 14.9 Å². The molecule has 0 aliphatic carbocycles. The number of rotatable bonds is 7. The van der Waals surface area contributed by atoms with Crippen molar-refractivity contribution < 1.29 is 14.5 Å². The highest BCUT2D eigenvalue weighted by Crippen LogP contribution is 2.35. The zero-order valence-electron chi connectivity index (χ0n) is 17.9. The maximum atomic E-state index is 12.7. The normalized spacial score (nSPS) is 11.0. The zero-order valence-corrected chi connectivity index (χ0v) is 23.8. The van der Waals surface area contributed by atoms with Crippen molar-refractivity contribution in [2.75, 3.05) is 5.32 Å². The van der Waals surface area contributed by atoms with Gasteiger partial charge in [0.15, 0.2) is 0 Å². The van der Waals surface area contributed by atoms with E-state index in [1.165, 1.54) is 11.6 Å². The lowest BCUT2D eigenvalue weighted by atomic mass is 10.1. The Balaban J connectivity index is 1.80. The number of nitro groups is 1. The first kappa shape index (κ1) is 27.2. The van der Waals surface area contributed by atoms with Crippen LogP contribution in [0.1, 0.15) is 16.7 Å². The van der Waals surface area contributed by atoms with Crippen LogP contribution in [0.3, 0.4) is 0 Å². The molecule has 0 unspecified atom stereocenters. The van der Waals surface area contributed by atoms with Crippen molar-refractivity contribution in [2.24, 2.45) is 0 Å². The summed E-state index contributed by atoms with van der Waals surface area (Å²) in [5, 5.41) is 22.7. The Morgan fingerprint density at radius 3 is 2.23 bits per heavy atom. The summed E-state index contributed by atoms with van der Waals surface area (Å²) in [6.45, 7) is 2.43. The molecule has 0 spiro atoms. The lowest BCUT2D eigenvalue weighted by molar-refractivity contribution is -0.384. The molecule has 0 heterocycles. The van der Waals surface area contributed by atoms with E-state index in [1.807, 2.05) is 37.3 Å². The third kappa shape index (κ3) is 7.07. The van der Waals surface area contributed by atoms with Crippen LogP contribution in [0.2, 0.25) is 10.0 Å². The monoisotopic (exact) mass is 733 g/mol. The van der Waals surface area contributed by atoms with Crippen LogP contribution >= 0.6 is 68.4 Å². The Morgan fingerprint density at radius 1 is 1.14 bits per heavy atom.